The van der Waals surface area contributed by atoms with Crippen LogP contribution in [-0.4, -0.2) is 32.7 Å². The van der Waals surface area contributed by atoms with Crippen LogP contribution < -0.4 is 5.32 Å². The van der Waals surface area contributed by atoms with Gasteiger partial charge in [0.15, 0.2) is 0 Å². The Labute approximate surface area is 170 Å². The summed E-state index contributed by atoms with van der Waals surface area (Å²) >= 11 is 0.321. The fourth-order valence-corrected chi connectivity index (χ4v) is 3.34. The molecule has 1 amide bonds. The summed E-state index contributed by atoms with van der Waals surface area (Å²) in [4.78, 5) is 16.0. The normalized spacial score (nSPS) is 13.9. The highest BCUT2D eigenvalue weighted by atomic mass is 32.1. The molecular formula is C18H14F6N4OS. The number of alkyl halides is 6. The first-order valence-electron chi connectivity index (χ1n) is 8.46. The number of benzene rings is 1. The summed E-state index contributed by atoms with van der Waals surface area (Å²) in [7, 11) is 0. The van der Waals surface area contributed by atoms with Gasteiger partial charge in [0.1, 0.15) is 6.04 Å². The second-order valence-electron chi connectivity index (χ2n) is 6.37. The lowest BCUT2D eigenvalue weighted by Crippen LogP contribution is -2.42. The lowest BCUT2D eigenvalue weighted by Gasteiger charge is -2.15. The van der Waals surface area contributed by atoms with Crippen LogP contribution in [0.15, 0.2) is 30.3 Å². The average molecular weight is 448 g/mol. The van der Waals surface area contributed by atoms with Crippen LogP contribution in [0.3, 0.4) is 0 Å². The first-order valence-corrected chi connectivity index (χ1v) is 9.27. The van der Waals surface area contributed by atoms with Crippen molar-refractivity contribution in [2.75, 3.05) is 0 Å². The zero-order chi connectivity index (χ0) is 22.3. The first kappa shape index (κ1) is 21.8. The molecule has 5 nitrogen and oxygen atoms in total. The van der Waals surface area contributed by atoms with Crippen LogP contribution >= 0.6 is 11.3 Å². The van der Waals surface area contributed by atoms with Crippen LogP contribution in [0.4, 0.5) is 26.3 Å². The van der Waals surface area contributed by atoms with Crippen molar-refractivity contribution >= 4 is 28.3 Å². The molecule has 12 heteroatoms. The third-order valence-electron chi connectivity index (χ3n) is 4.12. The summed E-state index contributed by atoms with van der Waals surface area (Å²) in [5.74, 6) is -1.06. The fourth-order valence-electron chi connectivity index (χ4n) is 2.56. The Kier molecular flexibility index (Phi) is 5.63. The summed E-state index contributed by atoms with van der Waals surface area (Å²) in [6.45, 7) is 2.54. The van der Waals surface area contributed by atoms with Gasteiger partial charge in [-0.1, -0.05) is 35.6 Å². The van der Waals surface area contributed by atoms with Gasteiger partial charge in [0.25, 0.3) is 0 Å². The van der Waals surface area contributed by atoms with Crippen LogP contribution in [-0.2, 0) is 11.0 Å². The van der Waals surface area contributed by atoms with E-state index in [0.717, 1.165) is 29.2 Å². The van der Waals surface area contributed by atoms with Crippen molar-refractivity contribution in [3.8, 4) is 11.3 Å². The first-order chi connectivity index (χ1) is 13.9. The van der Waals surface area contributed by atoms with Gasteiger partial charge in [-0.15, -0.1) is 5.10 Å². The standard InChI is InChI=1S/C18H14F6N4OS/c1-9-5-3-4-6-11(9)14-12(7-8-13(29)25-10(2)17(19,20)21)28-16(26-14)30-15(27-28)18(22,23)24/h3-8,10H,1-2H3,(H,25,29)/b8-7+. The number of fused-ring (bicyclic) bond motifs is 1. The third-order valence-corrected chi connectivity index (χ3v) is 5.08. The molecule has 2 aromatic heterocycles. The van der Waals surface area contributed by atoms with Crippen molar-refractivity contribution in [1.82, 2.24) is 19.9 Å². The van der Waals surface area contributed by atoms with Crippen LogP contribution in [0.1, 0.15) is 23.2 Å². The van der Waals surface area contributed by atoms with E-state index >= 15 is 0 Å². The predicted octanol–water partition coefficient (Wildman–Crippen LogP) is 4.87. The second kappa shape index (κ2) is 7.74. The quantitative estimate of drug-likeness (QED) is 0.458. The largest absolute Gasteiger partial charge is 0.445 e. The average Bonchev–Trinajstić information content (AvgIpc) is 3.17. The van der Waals surface area contributed by atoms with Crippen molar-refractivity contribution in [3.05, 3.63) is 46.6 Å². The SMILES string of the molecule is Cc1ccccc1-c1nc2sc(C(F)(F)F)nn2c1/C=C/C(=O)NC(C)C(F)(F)F. The lowest BCUT2D eigenvalue weighted by atomic mass is 10.0. The molecule has 1 aromatic carbocycles. The predicted molar refractivity (Wildman–Crippen MR) is 98.7 cm³/mol. The van der Waals surface area contributed by atoms with Crippen LogP contribution in [0.2, 0.25) is 0 Å². The number of rotatable bonds is 4. The van der Waals surface area contributed by atoms with E-state index in [0.29, 0.717) is 16.9 Å². The molecule has 1 unspecified atom stereocenters. The molecule has 0 aliphatic rings. The number of aryl methyl sites for hydroxylation is 1. The van der Waals surface area contributed by atoms with Gasteiger partial charge in [-0.2, -0.15) is 26.3 Å². The highest BCUT2D eigenvalue weighted by Gasteiger charge is 2.37. The molecule has 0 saturated carbocycles. The molecule has 1 N–H and O–H groups in total. The number of amides is 1. The fraction of sp³-hybridized carbons (Fsp3) is 0.278. The minimum atomic E-state index is -4.69. The zero-order valence-electron chi connectivity index (χ0n) is 15.5. The Bertz CT molecular complexity index is 1110. The lowest BCUT2D eigenvalue weighted by molar-refractivity contribution is -0.156. The topological polar surface area (TPSA) is 59.3 Å². The van der Waals surface area contributed by atoms with E-state index in [9.17, 15) is 31.1 Å². The minimum Gasteiger partial charge on any atom is -0.341 e. The van der Waals surface area contributed by atoms with E-state index < -0.39 is 29.3 Å². The summed E-state index contributed by atoms with van der Waals surface area (Å²) in [6.07, 6.45) is -7.41. The molecule has 0 aliphatic heterocycles. The van der Waals surface area contributed by atoms with E-state index in [-0.39, 0.29) is 16.3 Å². The monoisotopic (exact) mass is 448 g/mol. The number of nitrogens with zero attached hydrogens (tertiary/aromatic N) is 3. The van der Waals surface area contributed by atoms with Crippen LogP contribution in [0.25, 0.3) is 22.3 Å². The summed E-state index contributed by atoms with van der Waals surface area (Å²) in [5, 5.41) is 4.14. The Hall–Kier alpha value is -2.89. The van der Waals surface area contributed by atoms with E-state index in [4.69, 9.17) is 0 Å². The molecule has 30 heavy (non-hydrogen) atoms. The number of carbonyl (C=O) groups is 1. The molecule has 0 saturated heterocycles. The Morgan fingerprint density at radius 1 is 1.20 bits per heavy atom. The number of hydrogen-bond acceptors (Lipinski definition) is 4. The molecule has 3 rings (SSSR count). The summed E-state index contributed by atoms with van der Waals surface area (Å²) in [5.41, 5.74) is 1.66. The van der Waals surface area contributed by atoms with Crippen molar-refractivity contribution < 1.29 is 31.1 Å². The molecule has 0 bridgehead atoms. The number of aromatic nitrogens is 3. The van der Waals surface area contributed by atoms with Crippen molar-refractivity contribution in [3.63, 3.8) is 0 Å². The summed E-state index contributed by atoms with van der Waals surface area (Å²) < 4.78 is 77.8. The van der Waals surface area contributed by atoms with Crippen LogP contribution in [0, 0.1) is 6.92 Å². The molecule has 0 radical (unpaired) electrons. The maximum Gasteiger partial charge on any atom is 0.445 e. The second-order valence-corrected chi connectivity index (χ2v) is 7.32. The van der Waals surface area contributed by atoms with E-state index in [1.165, 1.54) is 0 Å². The Morgan fingerprint density at radius 2 is 1.87 bits per heavy atom. The minimum absolute atomic E-state index is 0.0425. The van der Waals surface area contributed by atoms with Gasteiger partial charge < -0.3 is 5.32 Å². The maximum atomic E-state index is 13.0. The van der Waals surface area contributed by atoms with Gasteiger partial charge in [0.2, 0.25) is 15.9 Å². The maximum absolute atomic E-state index is 13.0. The van der Waals surface area contributed by atoms with Gasteiger partial charge >= 0.3 is 12.4 Å². The van der Waals surface area contributed by atoms with Gasteiger partial charge in [-0.05, 0) is 25.5 Å². The number of hydrogen-bond donors (Lipinski definition) is 1. The number of nitrogens with one attached hydrogen (secondary N) is 1. The molecule has 0 aliphatic carbocycles. The van der Waals surface area contributed by atoms with Crippen molar-refractivity contribution in [2.45, 2.75) is 32.2 Å². The Balaban J connectivity index is 2.06. The van der Waals surface area contributed by atoms with Gasteiger partial charge in [-0.25, -0.2) is 9.50 Å². The van der Waals surface area contributed by atoms with Crippen molar-refractivity contribution in [2.24, 2.45) is 0 Å². The van der Waals surface area contributed by atoms with Gasteiger partial charge in [0.05, 0.1) is 11.4 Å². The van der Waals surface area contributed by atoms with Crippen LogP contribution in [0.5, 0.6) is 0 Å². The zero-order valence-corrected chi connectivity index (χ0v) is 16.3. The molecule has 3 aromatic rings. The molecule has 2 heterocycles. The number of halogens is 6. The molecule has 1 atom stereocenters. The Morgan fingerprint density at radius 3 is 2.47 bits per heavy atom. The number of imidazole rings is 1. The molecule has 0 fully saturated rings. The molecular weight excluding hydrogens is 434 g/mol. The van der Waals surface area contributed by atoms with E-state index in [1.807, 2.05) is 0 Å². The van der Waals surface area contributed by atoms with E-state index in [2.05, 4.69) is 10.1 Å². The molecule has 0 spiro atoms. The molecule has 160 valence electrons. The van der Waals surface area contributed by atoms with Crippen molar-refractivity contribution in [1.29, 1.82) is 0 Å². The van der Waals surface area contributed by atoms with Gasteiger partial charge in [-0.3, -0.25) is 4.79 Å². The summed E-state index contributed by atoms with van der Waals surface area (Å²) in [6, 6.07) is 4.83. The van der Waals surface area contributed by atoms with E-state index in [1.54, 1.807) is 36.5 Å². The smallest absolute Gasteiger partial charge is 0.341 e. The third kappa shape index (κ3) is 4.48. The highest BCUT2D eigenvalue weighted by Crippen LogP contribution is 2.36. The number of carbonyl (C=O) groups excluding carboxylic acids is 1. The van der Waals surface area contributed by atoms with Gasteiger partial charge in [0, 0.05) is 11.6 Å². The highest BCUT2D eigenvalue weighted by molar-refractivity contribution is 7.16.